The van der Waals surface area contributed by atoms with E-state index in [9.17, 15) is 9.59 Å². The molecule has 2 rings (SSSR count). The Morgan fingerprint density at radius 2 is 2.00 bits per heavy atom. The number of carbonyl (C=O) groups is 2. The van der Waals surface area contributed by atoms with Gasteiger partial charge in [0, 0.05) is 6.42 Å². The van der Waals surface area contributed by atoms with Crippen LogP contribution in [0.3, 0.4) is 0 Å². The third-order valence-electron chi connectivity index (χ3n) is 4.08. The van der Waals surface area contributed by atoms with E-state index >= 15 is 0 Å². The van der Waals surface area contributed by atoms with Crippen LogP contribution in [0.25, 0.3) is 0 Å². The fourth-order valence-electron chi connectivity index (χ4n) is 2.86. The summed E-state index contributed by atoms with van der Waals surface area (Å²) < 4.78 is 0. The zero-order chi connectivity index (χ0) is 15.6. The van der Waals surface area contributed by atoms with Gasteiger partial charge in [-0.3, -0.25) is 14.5 Å². The lowest BCUT2D eigenvalue weighted by Crippen LogP contribution is -2.48. The first-order valence-corrected chi connectivity index (χ1v) is 7.54. The number of thiocarbonyl (C=S) groups is 1. The van der Waals surface area contributed by atoms with Gasteiger partial charge in [0.1, 0.15) is 0 Å². The minimum Gasteiger partial charge on any atom is -0.392 e. The molecule has 2 amide bonds. The molecule has 5 heteroatoms. The third-order valence-corrected chi connectivity index (χ3v) is 4.35. The smallest absolute Gasteiger partial charge is 0.240 e. The number of hydrogen-bond acceptors (Lipinski definition) is 3. The number of rotatable bonds is 5. The molecule has 0 aromatic heterocycles. The molecule has 1 aromatic rings. The molecule has 0 bridgehead atoms. The van der Waals surface area contributed by atoms with Crippen LogP contribution in [0.5, 0.6) is 0 Å². The number of likely N-dealkylation sites (tertiary alicyclic amines) is 1. The summed E-state index contributed by atoms with van der Waals surface area (Å²) >= 11 is 5.05. The number of amides is 2. The third kappa shape index (κ3) is 2.70. The van der Waals surface area contributed by atoms with Crippen LogP contribution in [0, 0.1) is 0 Å². The van der Waals surface area contributed by atoms with E-state index in [1.165, 1.54) is 4.90 Å². The maximum Gasteiger partial charge on any atom is 0.240 e. The van der Waals surface area contributed by atoms with Gasteiger partial charge in [-0.2, -0.15) is 0 Å². The van der Waals surface area contributed by atoms with Crippen molar-refractivity contribution in [1.82, 2.24) is 4.90 Å². The standard InChI is InChI=1S/C16H20N2O2S/c1-3-7-12(14(17)21)18-13(19)10-16(2,15(18)20)11-8-5-4-6-9-11/h4-6,8-9,12H,3,7,10H2,1-2H3,(H2,17,21). The molecule has 2 unspecified atom stereocenters. The first-order valence-electron chi connectivity index (χ1n) is 7.13. The summed E-state index contributed by atoms with van der Waals surface area (Å²) in [5, 5.41) is 0. The van der Waals surface area contributed by atoms with Crippen molar-refractivity contribution in [3.8, 4) is 0 Å². The van der Waals surface area contributed by atoms with Crippen LogP contribution >= 0.6 is 12.2 Å². The molecule has 2 atom stereocenters. The molecule has 0 aliphatic carbocycles. The van der Waals surface area contributed by atoms with Crippen LogP contribution in [-0.4, -0.2) is 27.7 Å². The molecule has 1 heterocycles. The molecule has 2 N–H and O–H groups in total. The van der Waals surface area contributed by atoms with E-state index in [4.69, 9.17) is 18.0 Å². The molecule has 1 fully saturated rings. The Labute approximate surface area is 130 Å². The average Bonchev–Trinajstić information content (AvgIpc) is 2.69. The summed E-state index contributed by atoms with van der Waals surface area (Å²) in [6.07, 6.45) is 1.58. The Morgan fingerprint density at radius 3 is 2.52 bits per heavy atom. The lowest BCUT2D eigenvalue weighted by atomic mass is 9.81. The second-order valence-electron chi connectivity index (χ2n) is 5.65. The molecule has 0 radical (unpaired) electrons. The predicted octanol–water partition coefficient (Wildman–Crippen LogP) is 2.16. The molecule has 0 saturated carbocycles. The van der Waals surface area contributed by atoms with Crippen molar-refractivity contribution in [2.45, 2.75) is 44.6 Å². The van der Waals surface area contributed by atoms with Crippen molar-refractivity contribution in [3.63, 3.8) is 0 Å². The Bertz CT molecular complexity index is 573. The number of benzene rings is 1. The Balaban J connectivity index is 2.38. The molecule has 112 valence electrons. The Kier molecular flexibility index (Phi) is 4.42. The van der Waals surface area contributed by atoms with Gasteiger partial charge in [-0.05, 0) is 18.9 Å². The highest BCUT2D eigenvalue weighted by Gasteiger charge is 2.51. The minimum atomic E-state index is -0.824. The monoisotopic (exact) mass is 304 g/mol. The predicted molar refractivity (Wildman–Crippen MR) is 85.7 cm³/mol. The molecule has 21 heavy (non-hydrogen) atoms. The molecular weight excluding hydrogens is 284 g/mol. The number of carbonyl (C=O) groups excluding carboxylic acids is 2. The van der Waals surface area contributed by atoms with Crippen LogP contribution in [0.2, 0.25) is 0 Å². The van der Waals surface area contributed by atoms with Crippen molar-refractivity contribution in [3.05, 3.63) is 35.9 Å². The van der Waals surface area contributed by atoms with Crippen molar-refractivity contribution in [2.24, 2.45) is 5.73 Å². The number of hydrogen-bond donors (Lipinski definition) is 1. The first kappa shape index (κ1) is 15.6. The van der Waals surface area contributed by atoms with Crippen LogP contribution in [0.15, 0.2) is 30.3 Å². The van der Waals surface area contributed by atoms with Gasteiger partial charge in [-0.25, -0.2) is 0 Å². The summed E-state index contributed by atoms with van der Waals surface area (Å²) in [7, 11) is 0. The van der Waals surface area contributed by atoms with Crippen molar-refractivity contribution < 1.29 is 9.59 Å². The fraction of sp³-hybridized carbons (Fsp3) is 0.438. The lowest BCUT2D eigenvalue weighted by Gasteiger charge is -2.28. The van der Waals surface area contributed by atoms with Crippen molar-refractivity contribution in [2.75, 3.05) is 0 Å². The lowest BCUT2D eigenvalue weighted by molar-refractivity contribution is -0.141. The molecule has 1 aliphatic rings. The van der Waals surface area contributed by atoms with E-state index in [2.05, 4.69) is 0 Å². The molecule has 1 aromatic carbocycles. The topological polar surface area (TPSA) is 63.4 Å². The van der Waals surface area contributed by atoms with Crippen LogP contribution in [-0.2, 0) is 15.0 Å². The van der Waals surface area contributed by atoms with Gasteiger partial charge >= 0.3 is 0 Å². The zero-order valence-electron chi connectivity index (χ0n) is 12.3. The second kappa shape index (κ2) is 5.93. The average molecular weight is 304 g/mol. The molecule has 1 saturated heterocycles. The molecule has 4 nitrogen and oxygen atoms in total. The van der Waals surface area contributed by atoms with Gasteiger partial charge in [0.05, 0.1) is 16.4 Å². The van der Waals surface area contributed by atoms with Gasteiger partial charge in [0.15, 0.2) is 0 Å². The molecule has 1 aliphatic heterocycles. The normalized spacial score (nSPS) is 23.4. The second-order valence-corrected chi connectivity index (χ2v) is 6.12. The van der Waals surface area contributed by atoms with E-state index in [1.54, 1.807) is 0 Å². The highest BCUT2D eigenvalue weighted by Crippen LogP contribution is 2.37. The highest BCUT2D eigenvalue weighted by molar-refractivity contribution is 7.80. The summed E-state index contributed by atoms with van der Waals surface area (Å²) in [6, 6.07) is 8.92. The van der Waals surface area contributed by atoms with Crippen molar-refractivity contribution in [1.29, 1.82) is 0 Å². The summed E-state index contributed by atoms with van der Waals surface area (Å²) in [5.41, 5.74) is 5.77. The van der Waals surface area contributed by atoms with Crippen LogP contribution in [0.1, 0.15) is 38.7 Å². The van der Waals surface area contributed by atoms with E-state index in [0.29, 0.717) is 6.42 Å². The number of nitrogens with zero attached hydrogens (tertiary/aromatic N) is 1. The summed E-state index contributed by atoms with van der Waals surface area (Å²) in [5.74, 6) is -0.400. The maximum atomic E-state index is 12.8. The van der Waals surface area contributed by atoms with E-state index < -0.39 is 11.5 Å². The maximum absolute atomic E-state index is 12.8. The van der Waals surface area contributed by atoms with Crippen LogP contribution < -0.4 is 5.73 Å². The zero-order valence-corrected chi connectivity index (χ0v) is 13.2. The van der Waals surface area contributed by atoms with Gasteiger partial charge < -0.3 is 5.73 Å². The minimum absolute atomic E-state index is 0.165. The number of imide groups is 1. The van der Waals surface area contributed by atoms with E-state index in [-0.39, 0.29) is 23.2 Å². The van der Waals surface area contributed by atoms with E-state index in [0.717, 1.165) is 12.0 Å². The Morgan fingerprint density at radius 1 is 1.38 bits per heavy atom. The molecule has 0 spiro atoms. The largest absolute Gasteiger partial charge is 0.392 e. The number of nitrogens with two attached hydrogens (primary N) is 1. The molecular formula is C16H20N2O2S. The summed E-state index contributed by atoms with van der Waals surface area (Å²) in [4.78, 5) is 26.7. The first-order chi connectivity index (χ1) is 9.91. The van der Waals surface area contributed by atoms with Gasteiger partial charge in [0.25, 0.3) is 0 Å². The van der Waals surface area contributed by atoms with Crippen molar-refractivity contribution >= 4 is 29.0 Å². The van der Waals surface area contributed by atoms with Gasteiger partial charge in [-0.1, -0.05) is 55.9 Å². The fourth-order valence-corrected chi connectivity index (χ4v) is 3.08. The summed E-state index contributed by atoms with van der Waals surface area (Å²) in [6.45, 7) is 3.79. The quantitative estimate of drug-likeness (QED) is 0.669. The van der Waals surface area contributed by atoms with Crippen LogP contribution in [0.4, 0.5) is 0 Å². The van der Waals surface area contributed by atoms with Gasteiger partial charge in [-0.15, -0.1) is 0 Å². The highest BCUT2D eigenvalue weighted by atomic mass is 32.1. The van der Waals surface area contributed by atoms with E-state index in [1.807, 2.05) is 44.2 Å². The SMILES string of the molecule is CCCC(C(N)=S)N1C(=O)CC(C)(c2ccccc2)C1=O. The van der Waals surface area contributed by atoms with Gasteiger partial charge in [0.2, 0.25) is 11.8 Å². The Hall–Kier alpha value is -1.75.